The molecule has 2 aliphatic heterocycles. The van der Waals surface area contributed by atoms with E-state index in [2.05, 4.69) is 20.5 Å². The van der Waals surface area contributed by atoms with Gasteiger partial charge in [0, 0.05) is 60.8 Å². The van der Waals surface area contributed by atoms with Gasteiger partial charge in [0.2, 0.25) is 0 Å². The number of hydrogen-bond donors (Lipinski definition) is 2. The molecule has 0 bridgehead atoms. The van der Waals surface area contributed by atoms with Crippen LogP contribution in [0, 0.1) is 6.92 Å². The number of nitrogens with zero attached hydrogens (tertiary/aromatic N) is 6. The summed E-state index contributed by atoms with van der Waals surface area (Å²) in [6.45, 7) is 5.65. The average molecular weight is 489 g/mol. The second kappa shape index (κ2) is 7.99. The number of anilines is 1. The van der Waals surface area contributed by atoms with Crippen molar-refractivity contribution in [1.29, 1.82) is 0 Å². The van der Waals surface area contributed by atoms with Gasteiger partial charge in [-0.25, -0.2) is 9.78 Å². The Morgan fingerprint density at radius 3 is 2.66 bits per heavy atom. The lowest BCUT2D eigenvalue weighted by Crippen LogP contribution is -2.41. The quantitative estimate of drug-likeness (QED) is 0.588. The van der Waals surface area contributed by atoms with Crippen molar-refractivity contribution in [3.63, 3.8) is 0 Å². The van der Waals surface area contributed by atoms with Gasteiger partial charge < -0.3 is 16.0 Å². The molecule has 9 nitrogen and oxygen atoms in total. The van der Waals surface area contributed by atoms with Crippen LogP contribution in [0.5, 0.6) is 0 Å². The Bertz CT molecular complexity index is 1300. The minimum atomic E-state index is -4.60. The smallest absolute Gasteiger partial charge is 0.383 e. The van der Waals surface area contributed by atoms with Gasteiger partial charge in [-0.1, -0.05) is 0 Å². The Kier molecular flexibility index (Phi) is 5.29. The maximum absolute atomic E-state index is 13.3. The maximum atomic E-state index is 13.3. The van der Waals surface area contributed by atoms with Gasteiger partial charge in [0.15, 0.2) is 0 Å². The summed E-state index contributed by atoms with van der Waals surface area (Å²) in [5.41, 5.74) is 7.77. The van der Waals surface area contributed by atoms with Crippen molar-refractivity contribution in [1.82, 2.24) is 34.8 Å². The molecule has 3 aromatic heterocycles. The topological polar surface area (TPSA) is 107 Å². The van der Waals surface area contributed by atoms with Crippen LogP contribution in [0.15, 0.2) is 24.5 Å². The lowest BCUT2D eigenvalue weighted by atomic mass is 9.82. The SMILES string of the molecule is Cc1c(C(C)NC(=O)N2CCC3(CCn4nc(-c5cnc(N)c(C(F)(F)F)c5)cc43)C2)cnn1C. The molecule has 1 fully saturated rings. The van der Waals surface area contributed by atoms with Crippen molar-refractivity contribution in [3.05, 3.63) is 47.0 Å². The van der Waals surface area contributed by atoms with Crippen LogP contribution in [-0.4, -0.2) is 48.6 Å². The molecular weight excluding hydrogens is 461 g/mol. The Morgan fingerprint density at radius 1 is 1.23 bits per heavy atom. The Labute approximate surface area is 200 Å². The van der Waals surface area contributed by atoms with Gasteiger partial charge in [-0.05, 0) is 38.8 Å². The number of aromatic nitrogens is 5. The lowest BCUT2D eigenvalue weighted by Gasteiger charge is -2.25. The fraction of sp³-hybridized carbons (Fsp3) is 0.478. The summed E-state index contributed by atoms with van der Waals surface area (Å²) >= 11 is 0. The number of alkyl halides is 3. The molecule has 0 radical (unpaired) electrons. The van der Waals surface area contributed by atoms with E-state index in [0.29, 0.717) is 25.3 Å². The number of carbonyl (C=O) groups is 1. The Hall–Kier alpha value is -3.57. The number of fused-ring (bicyclic) bond motifs is 2. The van der Waals surface area contributed by atoms with Gasteiger partial charge in [-0.2, -0.15) is 23.4 Å². The maximum Gasteiger partial charge on any atom is 0.419 e. The normalized spacial score (nSPS) is 20.5. The number of aryl methyl sites for hydroxylation is 2. The Morgan fingerprint density at radius 2 is 1.97 bits per heavy atom. The highest BCUT2D eigenvalue weighted by molar-refractivity contribution is 5.75. The van der Waals surface area contributed by atoms with Crippen LogP contribution < -0.4 is 11.1 Å². The van der Waals surface area contributed by atoms with Gasteiger partial charge in [-0.15, -0.1) is 0 Å². The predicted octanol–water partition coefficient (Wildman–Crippen LogP) is 3.41. The van der Waals surface area contributed by atoms with Crippen molar-refractivity contribution in [2.45, 2.75) is 50.9 Å². The van der Waals surface area contributed by atoms with E-state index in [0.717, 1.165) is 35.9 Å². The van der Waals surface area contributed by atoms with Crippen molar-refractivity contribution in [2.24, 2.45) is 7.05 Å². The molecule has 2 amide bonds. The van der Waals surface area contributed by atoms with Crippen LogP contribution >= 0.6 is 0 Å². The van der Waals surface area contributed by atoms with Gasteiger partial charge in [0.05, 0.1) is 23.5 Å². The van der Waals surface area contributed by atoms with E-state index in [1.807, 2.05) is 31.6 Å². The number of urea groups is 1. The van der Waals surface area contributed by atoms with E-state index in [9.17, 15) is 18.0 Å². The van der Waals surface area contributed by atoms with Crippen molar-refractivity contribution < 1.29 is 18.0 Å². The summed E-state index contributed by atoms with van der Waals surface area (Å²) < 4.78 is 43.5. The van der Waals surface area contributed by atoms with E-state index < -0.39 is 17.6 Å². The van der Waals surface area contributed by atoms with E-state index in [-0.39, 0.29) is 23.1 Å². The number of likely N-dealkylation sites (tertiary alicyclic amines) is 1. The second-order valence-corrected chi connectivity index (χ2v) is 9.47. The number of nitrogens with one attached hydrogen (secondary N) is 1. The molecule has 0 aromatic carbocycles. The number of carbonyl (C=O) groups excluding carboxylic acids is 1. The second-order valence-electron chi connectivity index (χ2n) is 9.47. The standard InChI is InChI=1S/C23H27F3N8O/c1-13(16-11-29-32(3)14(16)2)30-21(35)33-6-4-22(12-33)5-7-34-19(22)9-18(31-34)15-8-17(23(24,25)26)20(27)28-10-15/h8-11,13H,4-7,12H2,1-3H3,(H2,27,28)(H,30,35). The summed E-state index contributed by atoms with van der Waals surface area (Å²) in [4.78, 5) is 18.6. The zero-order chi connectivity index (χ0) is 25.1. The molecule has 0 aliphatic carbocycles. The van der Waals surface area contributed by atoms with Gasteiger partial charge in [0.25, 0.3) is 0 Å². The molecule has 1 saturated heterocycles. The molecule has 12 heteroatoms. The third kappa shape index (κ3) is 3.90. The van der Waals surface area contributed by atoms with Crippen LogP contribution in [0.3, 0.4) is 0 Å². The van der Waals surface area contributed by atoms with E-state index in [1.54, 1.807) is 15.8 Å². The Balaban J connectivity index is 1.34. The first-order valence-corrected chi connectivity index (χ1v) is 11.4. The van der Waals surface area contributed by atoms with Gasteiger partial charge >= 0.3 is 12.2 Å². The molecular formula is C23H27F3N8O. The average Bonchev–Trinajstić information content (AvgIpc) is 3.55. The van der Waals surface area contributed by atoms with Crippen LogP contribution in [0.2, 0.25) is 0 Å². The summed E-state index contributed by atoms with van der Waals surface area (Å²) in [5, 5.41) is 11.9. The summed E-state index contributed by atoms with van der Waals surface area (Å²) in [5.74, 6) is -0.558. The highest BCUT2D eigenvalue weighted by Gasteiger charge is 2.47. The van der Waals surface area contributed by atoms with Gasteiger partial charge in [-0.3, -0.25) is 9.36 Å². The third-order valence-electron chi connectivity index (χ3n) is 7.37. The number of nitrogen functional groups attached to an aromatic ring is 1. The molecule has 35 heavy (non-hydrogen) atoms. The molecule has 2 atom stereocenters. The molecule has 3 aromatic rings. The van der Waals surface area contributed by atoms with E-state index in [4.69, 9.17) is 5.73 Å². The van der Waals surface area contributed by atoms with Crippen LogP contribution in [0.25, 0.3) is 11.3 Å². The van der Waals surface area contributed by atoms with Crippen LogP contribution in [0.4, 0.5) is 23.8 Å². The minimum Gasteiger partial charge on any atom is -0.383 e. The zero-order valence-electron chi connectivity index (χ0n) is 19.7. The number of nitrogens with two attached hydrogens (primary N) is 1. The van der Waals surface area contributed by atoms with E-state index >= 15 is 0 Å². The fourth-order valence-corrected chi connectivity index (χ4v) is 5.20. The highest BCUT2D eigenvalue weighted by Crippen LogP contribution is 2.44. The minimum absolute atomic E-state index is 0.145. The third-order valence-corrected chi connectivity index (χ3v) is 7.37. The summed E-state index contributed by atoms with van der Waals surface area (Å²) in [7, 11) is 1.86. The molecule has 2 aliphatic rings. The monoisotopic (exact) mass is 488 g/mol. The molecule has 186 valence electrons. The first kappa shape index (κ1) is 23.2. The zero-order valence-corrected chi connectivity index (χ0v) is 19.7. The number of rotatable bonds is 3. The fourth-order valence-electron chi connectivity index (χ4n) is 5.20. The summed E-state index contributed by atoms with van der Waals surface area (Å²) in [6.07, 6.45) is 0.0657. The largest absolute Gasteiger partial charge is 0.419 e. The molecule has 2 unspecified atom stereocenters. The van der Waals surface area contributed by atoms with Crippen LogP contribution in [0.1, 0.15) is 48.3 Å². The van der Waals surface area contributed by atoms with Crippen LogP contribution in [-0.2, 0) is 25.2 Å². The molecule has 5 heterocycles. The first-order chi connectivity index (χ1) is 16.5. The molecule has 3 N–H and O–H groups in total. The highest BCUT2D eigenvalue weighted by atomic mass is 19.4. The number of amides is 2. The molecule has 1 spiro atoms. The van der Waals surface area contributed by atoms with E-state index in [1.165, 1.54) is 6.20 Å². The lowest BCUT2D eigenvalue weighted by molar-refractivity contribution is -0.137. The van der Waals surface area contributed by atoms with Crippen molar-refractivity contribution in [3.8, 4) is 11.3 Å². The number of pyridine rings is 1. The molecule has 5 rings (SSSR count). The van der Waals surface area contributed by atoms with Gasteiger partial charge in [0.1, 0.15) is 5.82 Å². The van der Waals surface area contributed by atoms with Crippen molar-refractivity contribution >= 4 is 11.8 Å². The number of hydrogen-bond acceptors (Lipinski definition) is 5. The predicted molar refractivity (Wildman–Crippen MR) is 122 cm³/mol. The molecule has 0 saturated carbocycles. The van der Waals surface area contributed by atoms with Crippen molar-refractivity contribution in [2.75, 3.05) is 18.8 Å². The number of halogens is 3. The summed E-state index contributed by atoms with van der Waals surface area (Å²) in [6, 6.07) is 2.48. The first-order valence-electron chi connectivity index (χ1n) is 11.4.